The molecule has 0 unspecified atom stereocenters. The van der Waals surface area contributed by atoms with Gasteiger partial charge in [-0.15, -0.1) is 13.9 Å². The number of benzene rings is 2. The molecule has 4 rings (SSSR count). The molecule has 0 aliphatic carbocycles. The third-order valence-corrected chi connectivity index (χ3v) is 8.21. The first-order valence-corrected chi connectivity index (χ1v) is 14.6. The van der Waals surface area contributed by atoms with Gasteiger partial charge in [-0.1, -0.05) is 24.6 Å². The van der Waals surface area contributed by atoms with E-state index in [9.17, 15) is 8.42 Å². The molecule has 2 aromatic carbocycles. The molecule has 2 aliphatic rings. The van der Waals surface area contributed by atoms with Gasteiger partial charge >= 0.3 is 24.8 Å². The van der Waals surface area contributed by atoms with Crippen LogP contribution >= 0.6 is 22.1 Å². The summed E-state index contributed by atoms with van der Waals surface area (Å²) < 4.78 is 31.5. The Morgan fingerprint density at radius 2 is 1.71 bits per heavy atom. The van der Waals surface area contributed by atoms with Crippen LogP contribution in [0.25, 0.3) is 0 Å². The van der Waals surface area contributed by atoms with Gasteiger partial charge in [0.15, 0.2) is 5.84 Å². The van der Waals surface area contributed by atoms with E-state index in [0.717, 1.165) is 36.9 Å². The van der Waals surface area contributed by atoms with E-state index in [1.165, 1.54) is 9.31 Å². The van der Waals surface area contributed by atoms with E-state index in [1.54, 1.807) is 31.2 Å². The van der Waals surface area contributed by atoms with Crippen LogP contribution < -0.4 is 5.01 Å². The van der Waals surface area contributed by atoms with E-state index in [2.05, 4.69) is 39.5 Å². The molecule has 0 radical (unpaired) electrons. The van der Waals surface area contributed by atoms with E-state index in [-0.39, 0.29) is 10.7 Å². The first kappa shape index (κ1) is 27.8. The Morgan fingerprint density at radius 3 is 2.34 bits per heavy atom. The molecular weight excluding hydrogens is 571 g/mol. The van der Waals surface area contributed by atoms with Gasteiger partial charge in [0.2, 0.25) is 10.0 Å². The molecule has 1 saturated heterocycles. The number of piperidine rings is 1. The van der Waals surface area contributed by atoms with Crippen molar-refractivity contribution in [1.29, 1.82) is 5.41 Å². The zero-order chi connectivity index (χ0) is 25.4. The summed E-state index contributed by atoms with van der Waals surface area (Å²) in [5.74, 6) is 0.193. The van der Waals surface area contributed by atoms with Crippen LogP contribution in [0.4, 0.5) is 11.4 Å². The second-order valence-corrected chi connectivity index (χ2v) is 10.9. The van der Waals surface area contributed by atoms with Crippen molar-refractivity contribution >= 4 is 67.7 Å². The van der Waals surface area contributed by atoms with Gasteiger partial charge < -0.3 is 12.6 Å². The van der Waals surface area contributed by atoms with Crippen LogP contribution in [-0.4, -0.2) is 37.4 Å². The van der Waals surface area contributed by atoms with Crippen LogP contribution in [0, 0.1) is 5.41 Å². The summed E-state index contributed by atoms with van der Waals surface area (Å²) in [6.07, 6.45) is 2.86. The first-order valence-electron chi connectivity index (χ1n) is 10.6. The van der Waals surface area contributed by atoms with Gasteiger partial charge in [-0.2, -0.15) is 9.41 Å². The fourth-order valence-corrected chi connectivity index (χ4v) is 6.02. The van der Waals surface area contributed by atoms with Crippen LogP contribution in [0.15, 0.2) is 84.0 Å². The van der Waals surface area contributed by atoms with Crippen molar-refractivity contribution in [2.75, 3.05) is 18.1 Å². The number of anilines is 1. The van der Waals surface area contributed by atoms with Crippen molar-refractivity contribution in [2.45, 2.75) is 31.1 Å². The van der Waals surface area contributed by atoms with E-state index in [1.807, 2.05) is 30.3 Å². The number of hydrazone groups is 1. The van der Waals surface area contributed by atoms with Gasteiger partial charge in [-0.25, -0.2) is 13.4 Å². The molecule has 2 aliphatic heterocycles. The third kappa shape index (κ3) is 6.69. The Kier molecular flexibility index (Phi) is 10.3. The monoisotopic (exact) mass is 592 g/mol. The number of amidine groups is 1. The van der Waals surface area contributed by atoms with Crippen molar-refractivity contribution in [3.63, 3.8) is 0 Å². The summed E-state index contributed by atoms with van der Waals surface area (Å²) in [5, 5.41) is 18.6. The zero-order valence-corrected chi connectivity index (χ0v) is 22.9. The number of halogens is 1. The molecule has 0 bridgehead atoms. The average molecular weight is 594 g/mol. The summed E-state index contributed by atoms with van der Waals surface area (Å²) in [5.41, 5.74) is 2.49. The molecule has 2 heterocycles. The van der Waals surface area contributed by atoms with E-state index in [0.29, 0.717) is 34.3 Å². The summed E-state index contributed by atoms with van der Waals surface area (Å²) in [6.45, 7) is 2.94. The number of hydrogen-bond acceptors (Lipinski definition) is 8. The molecule has 0 aromatic heterocycles. The Balaban J connectivity index is 0.00000167. The van der Waals surface area contributed by atoms with Gasteiger partial charge in [-0.05, 0) is 56.2 Å². The van der Waals surface area contributed by atoms with Crippen molar-refractivity contribution in [2.24, 2.45) is 14.7 Å². The van der Waals surface area contributed by atoms with Crippen molar-refractivity contribution in [3.05, 3.63) is 64.4 Å². The van der Waals surface area contributed by atoms with E-state index < -0.39 is 10.0 Å². The van der Waals surface area contributed by atoms with Gasteiger partial charge in [0.25, 0.3) is 0 Å². The molecule has 0 amide bonds. The quantitative estimate of drug-likeness (QED) is 0.194. The fraction of sp³-hybridized carbons (Fsp3) is 0.273. The second kappa shape index (κ2) is 12.9. The summed E-state index contributed by atoms with van der Waals surface area (Å²) in [4.78, 5) is 0.259. The predicted molar refractivity (Wildman–Crippen MR) is 141 cm³/mol. The van der Waals surface area contributed by atoms with Crippen molar-refractivity contribution in [1.82, 2.24) is 4.31 Å². The second-order valence-electron chi connectivity index (χ2n) is 7.58. The minimum atomic E-state index is -3.47. The maximum atomic E-state index is 12.8. The Bertz CT molecular complexity index is 1230. The molecule has 13 heteroatoms. The molecule has 35 heavy (non-hydrogen) atoms. The fourth-order valence-electron chi connectivity index (χ4n) is 3.62. The SMILES string of the molecule is CC1=NN(c2ccccc2)C(=N)/C1=C(/[S-])SN=Nc1ccc(S(=O)(=O)N2CCCCC2)cc1.[Cl][Ni]. The molecular formula is C22H23ClN6NiO2S3-. The molecule has 1 fully saturated rings. The molecule has 0 saturated carbocycles. The van der Waals surface area contributed by atoms with Crippen LogP contribution in [0.5, 0.6) is 0 Å². The topological polar surface area (TPSA) is 102 Å². The first-order chi connectivity index (χ1) is 16.9. The Hall–Kier alpha value is -1.82. The number of sulfonamides is 1. The molecule has 0 atom stereocenters. The number of nitrogens with one attached hydrogen (secondary N) is 1. The number of para-hydroxylation sites is 1. The molecule has 8 nitrogen and oxygen atoms in total. The summed E-state index contributed by atoms with van der Waals surface area (Å²) in [7, 11) is 0.790. The predicted octanol–water partition coefficient (Wildman–Crippen LogP) is 5.91. The number of rotatable bonds is 6. The standard InChI is InChI=1S/C22H24N6O2S3.ClH.Ni/c1-16-20(21(23)28(25-16)18-8-4-2-5-9-18)22(31)32-26-24-17-10-12-19(13-11-17)33(29,30)27-14-6-3-7-15-27;;/h2,4-5,8-13,23,31H,3,6-7,14-15H2,1H3;1H;/q;;+1/p-2/b22-20-,23-21?,26-24?;;. The van der Waals surface area contributed by atoms with Crippen molar-refractivity contribution < 1.29 is 23.0 Å². The van der Waals surface area contributed by atoms with E-state index in [4.69, 9.17) is 18.0 Å². The van der Waals surface area contributed by atoms with Crippen LogP contribution in [0.3, 0.4) is 0 Å². The Morgan fingerprint density at radius 1 is 1.09 bits per heavy atom. The Labute approximate surface area is 227 Å². The molecule has 0 spiro atoms. The average Bonchev–Trinajstić information content (AvgIpc) is 3.20. The van der Waals surface area contributed by atoms with Crippen LogP contribution in [0.1, 0.15) is 26.2 Å². The van der Waals surface area contributed by atoms with Gasteiger partial charge in [0, 0.05) is 30.6 Å². The van der Waals surface area contributed by atoms with Gasteiger partial charge in [-0.3, -0.25) is 5.41 Å². The summed E-state index contributed by atoms with van der Waals surface area (Å²) in [6, 6.07) is 15.8. The third-order valence-electron chi connectivity index (χ3n) is 5.33. The van der Waals surface area contributed by atoms with Gasteiger partial charge in [0.05, 0.1) is 22.0 Å². The van der Waals surface area contributed by atoms with Crippen LogP contribution in [0.2, 0.25) is 0 Å². The summed E-state index contributed by atoms with van der Waals surface area (Å²) >= 11 is 9.80. The zero-order valence-electron chi connectivity index (χ0n) is 18.7. The maximum absolute atomic E-state index is 12.8. The van der Waals surface area contributed by atoms with E-state index >= 15 is 0 Å². The number of hydrogen-bond donors (Lipinski definition) is 1. The normalized spacial score (nSPS) is 18.3. The minimum absolute atomic E-state index is 0.193. The van der Waals surface area contributed by atoms with Crippen molar-refractivity contribution in [3.8, 4) is 0 Å². The van der Waals surface area contributed by atoms with Crippen LogP contribution in [-0.2, 0) is 37.2 Å². The molecule has 2 aromatic rings. The molecule has 1 N–H and O–H groups in total. The number of nitrogens with zero attached hydrogens (tertiary/aromatic N) is 5. The molecule has 189 valence electrons. The van der Waals surface area contributed by atoms with Gasteiger partial charge in [0.1, 0.15) is 0 Å².